The van der Waals surface area contributed by atoms with Crippen LogP contribution in [0.5, 0.6) is 0 Å². The zero-order chi connectivity index (χ0) is 14.0. The maximum Gasteiger partial charge on any atom is 0.361 e. The van der Waals surface area contributed by atoms with E-state index in [0.717, 1.165) is 0 Å². The summed E-state index contributed by atoms with van der Waals surface area (Å²) < 4.78 is 5.30. The van der Waals surface area contributed by atoms with Gasteiger partial charge in [-0.05, 0) is 30.7 Å². The van der Waals surface area contributed by atoms with Gasteiger partial charge in [0.2, 0.25) is 0 Å². The fourth-order valence-electron chi connectivity index (χ4n) is 1.19. The third-order valence-electron chi connectivity index (χ3n) is 2.62. The molecule has 0 fully saturated rings. The van der Waals surface area contributed by atoms with Crippen LogP contribution in [0, 0.1) is 0 Å². The summed E-state index contributed by atoms with van der Waals surface area (Å²) in [5, 5.41) is 14.8. The fraction of sp³-hybridized carbons (Fsp3) is 0.500. The van der Waals surface area contributed by atoms with Gasteiger partial charge in [0.25, 0.3) is 0 Å². The molecule has 0 spiro atoms. The molecular weight excluding hydrogens is 250 g/mol. The van der Waals surface area contributed by atoms with Gasteiger partial charge in [-0.25, -0.2) is 4.79 Å². The number of hydrogen-bond acceptors (Lipinski definition) is 7. The number of carbonyl (C=O) groups excluding carboxylic acids is 1. The summed E-state index contributed by atoms with van der Waals surface area (Å²) in [4.78, 5) is 14.4. The van der Waals surface area contributed by atoms with Crippen LogP contribution in [0.3, 0.4) is 0 Å². The molecule has 0 aliphatic carbocycles. The number of hydrogen-bond donors (Lipinski definition) is 1. The Balaban J connectivity index is 2.15. The first-order valence-electron chi connectivity index (χ1n) is 5.75. The van der Waals surface area contributed by atoms with E-state index in [1.165, 1.54) is 22.0 Å². The Bertz CT molecular complexity index is 586. The van der Waals surface area contributed by atoms with Crippen molar-refractivity contribution in [1.29, 1.82) is 0 Å². The molecule has 0 unspecified atom stereocenters. The lowest BCUT2D eigenvalue weighted by molar-refractivity contribution is -0.00308. The number of esters is 1. The third-order valence-corrected chi connectivity index (χ3v) is 2.62. The Labute approximate surface area is 109 Å². The number of anilines is 1. The maximum atomic E-state index is 11.9. The van der Waals surface area contributed by atoms with Crippen molar-refractivity contribution in [2.75, 3.05) is 5.73 Å². The minimum atomic E-state index is -0.543. The molecule has 9 heteroatoms. The topological polar surface area (TPSA) is 114 Å². The Morgan fingerprint density at radius 1 is 1.32 bits per heavy atom. The van der Waals surface area contributed by atoms with Gasteiger partial charge in [0.15, 0.2) is 11.5 Å². The van der Waals surface area contributed by atoms with E-state index in [1.807, 2.05) is 20.8 Å². The minimum Gasteiger partial charge on any atom is -0.455 e. The van der Waals surface area contributed by atoms with Crippen LogP contribution in [0.15, 0.2) is 12.4 Å². The molecule has 2 aromatic heterocycles. The molecule has 0 aliphatic rings. The van der Waals surface area contributed by atoms with Crippen molar-refractivity contribution in [3.63, 3.8) is 0 Å². The van der Waals surface area contributed by atoms with Crippen molar-refractivity contribution >= 4 is 11.8 Å². The highest BCUT2D eigenvalue weighted by Crippen LogP contribution is 2.15. The second-order valence-electron chi connectivity index (χ2n) is 4.59. The highest BCUT2D eigenvalue weighted by atomic mass is 16.6. The monoisotopic (exact) mass is 265 g/mol. The van der Waals surface area contributed by atoms with Gasteiger partial charge < -0.3 is 10.5 Å². The number of rotatable bonds is 4. The molecule has 2 heterocycles. The Morgan fingerprint density at radius 3 is 2.53 bits per heavy atom. The van der Waals surface area contributed by atoms with Crippen LogP contribution in [0.25, 0.3) is 0 Å². The van der Waals surface area contributed by atoms with Crippen molar-refractivity contribution in [3.05, 3.63) is 18.1 Å². The van der Waals surface area contributed by atoms with E-state index in [4.69, 9.17) is 10.5 Å². The molecule has 19 heavy (non-hydrogen) atoms. The van der Waals surface area contributed by atoms with Crippen LogP contribution < -0.4 is 5.73 Å². The number of aromatic nitrogens is 6. The summed E-state index contributed by atoms with van der Waals surface area (Å²) in [6, 6.07) is 0. The molecule has 0 atom stereocenters. The highest BCUT2D eigenvalue weighted by Gasteiger charge is 2.23. The summed E-state index contributed by atoms with van der Waals surface area (Å²) >= 11 is 0. The summed E-state index contributed by atoms with van der Waals surface area (Å²) in [7, 11) is 0. The first-order chi connectivity index (χ1) is 8.91. The van der Waals surface area contributed by atoms with Crippen molar-refractivity contribution in [3.8, 4) is 0 Å². The molecule has 0 bridgehead atoms. The fourth-order valence-corrected chi connectivity index (χ4v) is 1.19. The van der Waals surface area contributed by atoms with Crippen molar-refractivity contribution in [2.45, 2.75) is 32.8 Å². The first kappa shape index (κ1) is 13.0. The highest BCUT2D eigenvalue weighted by molar-refractivity contribution is 5.87. The summed E-state index contributed by atoms with van der Waals surface area (Å²) in [5.74, 6) is -0.294. The second-order valence-corrected chi connectivity index (χ2v) is 4.59. The zero-order valence-corrected chi connectivity index (χ0v) is 10.9. The zero-order valence-electron chi connectivity index (χ0n) is 10.9. The van der Waals surface area contributed by atoms with Crippen LogP contribution in [0.2, 0.25) is 0 Å². The van der Waals surface area contributed by atoms with Gasteiger partial charge in [0.05, 0.1) is 12.4 Å². The molecule has 102 valence electrons. The van der Waals surface area contributed by atoms with Gasteiger partial charge in [0.1, 0.15) is 5.60 Å². The second kappa shape index (κ2) is 4.67. The van der Waals surface area contributed by atoms with Gasteiger partial charge in [-0.2, -0.15) is 0 Å². The summed E-state index contributed by atoms with van der Waals surface area (Å²) in [5.41, 5.74) is 4.99. The van der Waals surface area contributed by atoms with E-state index >= 15 is 0 Å². The molecule has 2 N–H and O–H groups in total. The van der Waals surface area contributed by atoms with E-state index in [1.54, 1.807) is 0 Å². The van der Waals surface area contributed by atoms with Crippen LogP contribution in [-0.2, 0) is 4.74 Å². The summed E-state index contributed by atoms with van der Waals surface area (Å²) in [6.45, 7) is 5.59. The van der Waals surface area contributed by atoms with Gasteiger partial charge in [0, 0.05) is 0 Å². The standard InChI is InChI=1S/C10H15N7O2/c1-4-10(2,3)19-9(18)7-5-16(14-12-7)17-6-8(11)13-15-17/h5-6H,4,11H2,1-3H3. The van der Waals surface area contributed by atoms with E-state index in [-0.39, 0.29) is 11.5 Å². The molecular formula is C10H15N7O2. The average molecular weight is 265 g/mol. The van der Waals surface area contributed by atoms with Crippen molar-refractivity contribution in [2.24, 2.45) is 0 Å². The number of nitrogen functional groups attached to an aromatic ring is 1. The van der Waals surface area contributed by atoms with E-state index in [0.29, 0.717) is 6.42 Å². The number of carbonyl (C=O) groups is 1. The molecule has 0 saturated carbocycles. The lowest BCUT2D eigenvalue weighted by Gasteiger charge is -2.22. The van der Waals surface area contributed by atoms with Crippen molar-refractivity contribution < 1.29 is 9.53 Å². The van der Waals surface area contributed by atoms with Crippen molar-refractivity contribution in [1.82, 2.24) is 30.2 Å². The molecule has 2 rings (SSSR count). The van der Waals surface area contributed by atoms with Crippen LogP contribution >= 0.6 is 0 Å². The third kappa shape index (κ3) is 2.87. The largest absolute Gasteiger partial charge is 0.455 e. The van der Waals surface area contributed by atoms with Gasteiger partial charge >= 0.3 is 5.97 Å². The Hall–Kier alpha value is -2.45. The van der Waals surface area contributed by atoms with E-state index in [2.05, 4.69) is 20.6 Å². The average Bonchev–Trinajstić information content (AvgIpc) is 2.96. The minimum absolute atomic E-state index is 0.0931. The number of ether oxygens (including phenoxy) is 1. The Kier molecular flexibility index (Phi) is 3.19. The smallest absolute Gasteiger partial charge is 0.361 e. The van der Waals surface area contributed by atoms with Gasteiger partial charge in [-0.1, -0.05) is 6.92 Å². The predicted octanol–water partition coefficient (Wildman–Crippen LogP) is 0.109. The predicted molar refractivity (Wildman–Crippen MR) is 65.0 cm³/mol. The molecule has 2 aromatic rings. The molecule has 0 aromatic carbocycles. The lowest BCUT2D eigenvalue weighted by atomic mass is 10.1. The van der Waals surface area contributed by atoms with Crippen LogP contribution in [-0.4, -0.2) is 41.8 Å². The number of nitrogens with zero attached hydrogens (tertiary/aromatic N) is 6. The molecule has 0 aliphatic heterocycles. The molecule has 9 nitrogen and oxygen atoms in total. The quantitative estimate of drug-likeness (QED) is 0.780. The molecule has 0 radical (unpaired) electrons. The molecule has 0 saturated heterocycles. The maximum absolute atomic E-state index is 11.9. The van der Waals surface area contributed by atoms with Gasteiger partial charge in [-0.15, -0.1) is 19.8 Å². The SMILES string of the molecule is CCC(C)(C)OC(=O)c1cn(-n2cc(N)nn2)nn1. The number of nitrogens with two attached hydrogens (primary N) is 1. The normalized spacial score (nSPS) is 11.5. The van der Waals surface area contributed by atoms with Crippen LogP contribution in [0.1, 0.15) is 37.7 Å². The Morgan fingerprint density at radius 2 is 1.95 bits per heavy atom. The molecule has 0 amide bonds. The summed E-state index contributed by atoms with van der Waals surface area (Å²) in [6.07, 6.45) is 3.54. The van der Waals surface area contributed by atoms with Crippen LogP contribution in [0.4, 0.5) is 5.82 Å². The first-order valence-corrected chi connectivity index (χ1v) is 5.75. The lowest BCUT2D eigenvalue weighted by Crippen LogP contribution is -2.27. The van der Waals surface area contributed by atoms with E-state index < -0.39 is 11.6 Å². The van der Waals surface area contributed by atoms with E-state index in [9.17, 15) is 4.79 Å². The van der Waals surface area contributed by atoms with Gasteiger partial charge in [-0.3, -0.25) is 0 Å².